The van der Waals surface area contributed by atoms with Crippen LogP contribution in [0.3, 0.4) is 0 Å². The molecule has 1 aromatic heterocycles. The standard InChI is InChI=1S/C12H19BrN2OS/c1-16-12(3-2-4-12)7-10(15-14)6-11-5-9(13)8-17-11/h5,8,10,15H,2-4,6-7,14H2,1H3. The number of hydrogen-bond donors (Lipinski definition) is 2. The number of hydrazine groups is 1. The lowest BCUT2D eigenvalue weighted by molar-refractivity contribution is -0.0834. The second-order valence-electron chi connectivity index (χ2n) is 4.74. The van der Waals surface area contributed by atoms with E-state index in [1.807, 2.05) is 7.11 Å². The SMILES string of the molecule is COC1(CC(Cc2cc(Br)cs2)NN)CCC1. The fourth-order valence-electron chi connectivity index (χ4n) is 2.41. The summed E-state index contributed by atoms with van der Waals surface area (Å²) in [5.41, 5.74) is 3.00. The number of nitrogens with one attached hydrogen (secondary N) is 1. The van der Waals surface area contributed by atoms with Gasteiger partial charge in [-0.2, -0.15) is 0 Å². The fraction of sp³-hybridized carbons (Fsp3) is 0.667. The maximum absolute atomic E-state index is 5.66. The number of rotatable bonds is 6. The summed E-state index contributed by atoms with van der Waals surface area (Å²) >= 11 is 5.25. The van der Waals surface area contributed by atoms with Crippen LogP contribution < -0.4 is 11.3 Å². The van der Waals surface area contributed by atoms with Crippen molar-refractivity contribution >= 4 is 27.3 Å². The van der Waals surface area contributed by atoms with E-state index in [-0.39, 0.29) is 5.60 Å². The third-order valence-electron chi connectivity index (χ3n) is 3.62. The normalized spacial score (nSPS) is 19.9. The highest BCUT2D eigenvalue weighted by Crippen LogP contribution is 2.39. The zero-order valence-corrected chi connectivity index (χ0v) is 12.4. The first kappa shape index (κ1) is 13.5. The van der Waals surface area contributed by atoms with Gasteiger partial charge in [0.05, 0.1) is 5.60 Å². The Hall–Kier alpha value is 0.0600. The number of ether oxygens (including phenoxy) is 1. The van der Waals surface area contributed by atoms with Gasteiger partial charge in [0.25, 0.3) is 0 Å². The number of methoxy groups -OCH3 is 1. The Morgan fingerprint density at radius 3 is 2.82 bits per heavy atom. The lowest BCUT2D eigenvalue weighted by atomic mass is 9.75. The van der Waals surface area contributed by atoms with E-state index in [9.17, 15) is 0 Å². The molecule has 1 fully saturated rings. The van der Waals surface area contributed by atoms with Crippen molar-refractivity contribution < 1.29 is 4.74 Å². The minimum Gasteiger partial charge on any atom is -0.378 e. The minimum atomic E-state index is 0.0749. The molecule has 1 saturated carbocycles. The van der Waals surface area contributed by atoms with Gasteiger partial charge in [0.2, 0.25) is 0 Å². The molecule has 0 aliphatic heterocycles. The lowest BCUT2D eigenvalue weighted by Gasteiger charge is -2.42. The zero-order valence-electron chi connectivity index (χ0n) is 10.0. The molecule has 5 heteroatoms. The molecule has 1 aliphatic rings. The van der Waals surface area contributed by atoms with Crippen LogP contribution >= 0.6 is 27.3 Å². The first-order valence-electron chi connectivity index (χ1n) is 5.92. The monoisotopic (exact) mass is 318 g/mol. The highest BCUT2D eigenvalue weighted by molar-refractivity contribution is 9.10. The summed E-state index contributed by atoms with van der Waals surface area (Å²) in [6.07, 6.45) is 5.56. The summed E-state index contributed by atoms with van der Waals surface area (Å²) in [5, 5.41) is 2.11. The molecule has 3 nitrogen and oxygen atoms in total. The molecule has 17 heavy (non-hydrogen) atoms. The van der Waals surface area contributed by atoms with Crippen molar-refractivity contribution in [3.8, 4) is 0 Å². The quantitative estimate of drug-likeness (QED) is 0.626. The van der Waals surface area contributed by atoms with Gasteiger partial charge in [-0.25, -0.2) is 0 Å². The Balaban J connectivity index is 1.92. The van der Waals surface area contributed by atoms with Crippen LogP contribution in [0.15, 0.2) is 15.9 Å². The molecule has 0 saturated heterocycles. The molecule has 3 N–H and O–H groups in total. The third-order valence-corrected chi connectivity index (χ3v) is 5.34. The van der Waals surface area contributed by atoms with Crippen molar-refractivity contribution in [2.45, 2.75) is 43.7 Å². The van der Waals surface area contributed by atoms with Crippen molar-refractivity contribution in [1.29, 1.82) is 0 Å². The number of nitrogens with two attached hydrogens (primary N) is 1. The molecule has 0 spiro atoms. The summed E-state index contributed by atoms with van der Waals surface area (Å²) < 4.78 is 6.80. The molecule has 2 rings (SSSR count). The van der Waals surface area contributed by atoms with Crippen LogP contribution in [0.25, 0.3) is 0 Å². The first-order chi connectivity index (χ1) is 8.17. The molecule has 96 valence electrons. The van der Waals surface area contributed by atoms with E-state index >= 15 is 0 Å². The van der Waals surface area contributed by atoms with E-state index in [0.29, 0.717) is 6.04 Å². The van der Waals surface area contributed by atoms with Crippen LogP contribution in [-0.4, -0.2) is 18.8 Å². The molecule has 1 atom stereocenters. The largest absolute Gasteiger partial charge is 0.378 e. The molecule has 1 heterocycles. The van der Waals surface area contributed by atoms with E-state index in [1.54, 1.807) is 11.3 Å². The van der Waals surface area contributed by atoms with E-state index in [2.05, 4.69) is 32.8 Å². The Morgan fingerprint density at radius 1 is 1.65 bits per heavy atom. The van der Waals surface area contributed by atoms with Crippen molar-refractivity contribution in [3.63, 3.8) is 0 Å². The van der Waals surface area contributed by atoms with E-state index in [4.69, 9.17) is 10.6 Å². The van der Waals surface area contributed by atoms with Gasteiger partial charge < -0.3 is 4.74 Å². The summed E-state index contributed by atoms with van der Waals surface area (Å²) in [6, 6.07) is 2.45. The predicted molar refractivity (Wildman–Crippen MR) is 75.0 cm³/mol. The second-order valence-corrected chi connectivity index (χ2v) is 6.66. The molecule has 0 aromatic carbocycles. The minimum absolute atomic E-state index is 0.0749. The number of hydrogen-bond acceptors (Lipinski definition) is 4. The third kappa shape index (κ3) is 3.29. The maximum atomic E-state index is 5.66. The zero-order chi connectivity index (χ0) is 12.3. The van der Waals surface area contributed by atoms with E-state index < -0.39 is 0 Å². The predicted octanol–water partition coefficient (Wildman–Crippen LogP) is 2.84. The number of halogens is 1. The van der Waals surface area contributed by atoms with Gasteiger partial charge in [0.1, 0.15) is 0 Å². The van der Waals surface area contributed by atoms with Gasteiger partial charge >= 0.3 is 0 Å². The van der Waals surface area contributed by atoms with Crippen LogP contribution in [-0.2, 0) is 11.2 Å². The Kier molecular flexibility index (Phi) is 4.60. The van der Waals surface area contributed by atoms with Gasteiger partial charge in [-0.1, -0.05) is 0 Å². The van der Waals surface area contributed by atoms with Crippen LogP contribution in [0.2, 0.25) is 0 Å². The molecular formula is C12H19BrN2OS. The van der Waals surface area contributed by atoms with Crippen LogP contribution in [0, 0.1) is 0 Å². The van der Waals surface area contributed by atoms with Crippen molar-refractivity contribution in [3.05, 3.63) is 20.8 Å². The summed E-state index contributed by atoms with van der Waals surface area (Å²) in [4.78, 5) is 1.35. The Labute approximate surface area is 115 Å². The lowest BCUT2D eigenvalue weighted by Crippen LogP contribution is -2.48. The van der Waals surface area contributed by atoms with Crippen molar-refractivity contribution in [2.75, 3.05) is 7.11 Å². The second kappa shape index (κ2) is 5.80. The molecule has 1 aromatic rings. The van der Waals surface area contributed by atoms with Gasteiger partial charge in [-0.05, 0) is 54.1 Å². The molecule has 1 aliphatic carbocycles. The van der Waals surface area contributed by atoms with Gasteiger partial charge in [-0.15, -0.1) is 11.3 Å². The molecular weight excluding hydrogens is 300 g/mol. The fourth-order valence-corrected chi connectivity index (χ4v) is 3.94. The topological polar surface area (TPSA) is 47.3 Å². The van der Waals surface area contributed by atoms with E-state index in [1.165, 1.54) is 11.3 Å². The smallest absolute Gasteiger partial charge is 0.0694 e. The van der Waals surface area contributed by atoms with E-state index in [0.717, 1.165) is 30.2 Å². The first-order valence-corrected chi connectivity index (χ1v) is 7.59. The number of thiophene rings is 1. The summed E-state index contributed by atoms with van der Waals surface area (Å²) in [6.45, 7) is 0. The summed E-state index contributed by atoms with van der Waals surface area (Å²) in [5.74, 6) is 5.66. The molecule has 0 bridgehead atoms. The average molecular weight is 319 g/mol. The summed E-state index contributed by atoms with van der Waals surface area (Å²) in [7, 11) is 1.81. The van der Waals surface area contributed by atoms with Gasteiger partial charge in [0, 0.05) is 27.9 Å². The van der Waals surface area contributed by atoms with Crippen molar-refractivity contribution in [2.24, 2.45) is 5.84 Å². The Bertz CT molecular complexity index is 360. The molecule has 1 unspecified atom stereocenters. The maximum Gasteiger partial charge on any atom is 0.0694 e. The highest BCUT2D eigenvalue weighted by Gasteiger charge is 2.38. The van der Waals surface area contributed by atoms with Gasteiger partial charge in [-0.3, -0.25) is 11.3 Å². The highest BCUT2D eigenvalue weighted by atomic mass is 79.9. The average Bonchev–Trinajstić information content (AvgIpc) is 2.67. The van der Waals surface area contributed by atoms with Crippen molar-refractivity contribution in [1.82, 2.24) is 5.43 Å². The van der Waals surface area contributed by atoms with Crippen LogP contribution in [0.4, 0.5) is 0 Å². The van der Waals surface area contributed by atoms with Gasteiger partial charge in [0.15, 0.2) is 0 Å². The van der Waals surface area contributed by atoms with Crippen LogP contribution in [0.5, 0.6) is 0 Å². The molecule has 0 radical (unpaired) electrons. The Morgan fingerprint density at radius 2 is 2.41 bits per heavy atom. The molecule has 0 amide bonds. The van der Waals surface area contributed by atoms with Crippen LogP contribution in [0.1, 0.15) is 30.6 Å².